The van der Waals surface area contributed by atoms with Gasteiger partial charge in [-0.25, -0.2) is 0 Å². The smallest absolute Gasteiger partial charge is 0.184 e. The van der Waals surface area contributed by atoms with Crippen LogP contribution in [0.4, 0.5) is 0 Å². The Balaban J connectivity index is 1.71. The summed E-state index contributed by atoms with van der Waals surface area (Å²) in [6, 6.07) is 9.72. The predicted octanol–water partition coefficient (Wildman–Crippen LogP) is 2.75. The topological polar surface area (TPSA) is 51.2 Å². The Labute approximate surface area is 131 Å². The molecule has 2 aliphatic rings. The van der Waals surface area contributed by atoms with Crippen LogP contribution in [0.15, 0.2) is 55.1 Å². The number of hydrogen-bond donors (Lipinski definition) is 1. The fraction of sp³-hybridized carbons (Fsp3) is 0.444. The zero-order valence-corrected chi connectivity index (χ0v) is 12.9. The summed E-state index contributed by atoms with van der Waals surface area (Å²) in [5.74, 6) is 0. The second kappa shape index (κ2) is 5.63. The minimum absolute atomic E-state index is 0.0116. The van der Waals surface area contributed by atoms with Crippen molar-refractivity contribution >= 4 is 0 Å². The zero-order chi connectivity index (χ0) is 15.8. The van der Waals surface area contributed by atoms with Gasteiger partial charge in [-0.15, -0.1) is 6.58 Å². The molecular formula is C18H22O4. The van der Waals surface area contributed by atoms with E-state index in [0.717, 1.165) is 5.56 Å². The van der Waals surface area contributed by atoms with Crippen molar-refractivity contribution in [1.82, 2.24) is 0 Å². The summed E-state index contributed by atoms with van der Waals surface area (Å²) in [6.45, 7) is 7.66. The largest absolute Gasteiger partial charge is 0.385 e. The molecule has 118 valence electrons. The van der Waals surface area contributed by atoms with E-state index in [-0.39, 0.29) is 18.3 Å². The highest BCUT2D eigenvalue weighted by atomic mass is 16.7. The summed E-state index contributed by atoms with van der Waals surface area (Å²) in [6.07, 6.45) is 4.64. The van der Waals surface area contributed by atoms with Gasteiger partial charge in [0.1, 0.15) is 23.4 Å². The Morgan fingerprint density at radius 1 is 1.18 bits per heavy atom. The molecule has 0 unspecified atom stereocenters. The zero-order valence-electron chi connectivity index (χ0n) is 12.9. The van der Waals surface area contributed by atoms with Crippen molar-refractivity contribution < 1.29 is 19.3 Å². The first-order valence-corrected chi connectivity index (χ1v) is 7.49. The minimum Gasteiger partial charge on any atom is -0.385 e. The molecule has 2 heterocycles. The van der Waals surface area contributed by atoms with Crippen LogP contribution in [0.3, 0.4) is 0 Å². The van der Waals surface area contributed by atoms with Gasteiger partial charge < -0.3 is 19.3 Å². The van der Waals surface area contributed by atoms with Crippen molar-refractivity contribution in [3.8, 4) is 0 Å². The Kier molecular flexibility index (Phi) is 3.95. The summed E-state index contributed by atoms with van der Waals surface area (Å²) in [7, 11) is 0. The standard InChI is InChI=1S/C18H22O4/c1-4-18(3)15(22-18)11-10-14-17(2,19)12-20-16(21-14)13-8-6-5-7-9-13/h4-11,14-16,19H,1,12H2,2-3H3/b11-10-/t14-,15+,16+,17+,18+/m0/s1. The quantitative estimate of drug-likeness (QED) is 0.686. The molecule has 0 bridgehead atoms. The molecule has 2 fully saturated rings. The number of rotatable bonds is 4. The predicted molar refractivity (Wildman–Crippen MR) is 83.2 cm³/mol. The van der Waals surface area contributed by atoms with Gasteiger partial charge >= 0.3 is 0 Å². The van der Waals surface area contributed by atoms with Gasteiger partial charge in [-0.3, -0.25) is 0 Å². The monoisotopic (exact) mass is 302 g/mol. The highest BCUT2D eigenvalue weighted by Crippen LogP contribution is 2.39. The van der Waals surface area contributed by atoms with Gasteiger partial charge in [-0.2, -0.15) is 0 Å². The van der Waals surface area contributed by atoms with E-state index in [1.807, 2.05) is 49.4 Å². The number of benzene rings is 1. The van der Waals surface area contributed by atoms with E-state index in [1.54, 1.807) is 13.0 Å². The van der Waals surface area contributed by atoms with Crippen LogP contribution < -0.4 is 0 Å². The molecule has 22 heavy (non-hydrogen) atoms. The maximum absolute atomic E-state index is 10.5. The van der Waals surface area contributed by atoms with E-state index >= 15 is 0 Å². The first-order valence-electron chi connectivity index (χ1n) is 7.49. The molecule has 0 aromatic heterocycles. The molecule has 0 amide bonds. The second-order valence-electron chi connectivity index (χ2n) is 6.28. The van der Waals surface area contributed by atoms with Gasteiger partial charge in [0.25, 0.3) is 0 Å². The van der Waals surface area contributed by atoms with Crippen LogP contribution in [0.2, 0.25) is 0 Å². The molecular weight excluding hydrogens is 280 g/mol. The molecule has 1 N–H and O–H groups in total. The molecule has 2 aliphatic heterocycles. The van der Waals surface area contributed by atoms with Crippen LogP contribution in [0.1, 0.15) is 25.7 Å². The van der Waals surface area contributed by atoms with E-state index in [1.165, 1.54) is 0 Å². The third kappa shape index (κ3) is 3.01. The van der Waals surface area contributed by atoms with Gasteiger partial charge in [0, 0.05) is 5.56 Å². The lowest BCUT2D eigenvalue weighted by Gasteiger charge is -2.39. The lowest BCUT2D eigenvalue weighted by Crippen LogP contribution is -2.49. The SMILES string of the molecule is C=C[C@@]1(C)O[C@@H]1/C=C\[C@@H]1O[C@H](c2ccccc2)OC[C@@]1(C)O. The van der Waals surface area contributed by atoms with Crippen LogP contribution >= 0.6 is 0 Å². The van der Waals surface area contributed by atoms with Gasteiger partial charge in [-0.05, 0) is 13.8 Å². The Bertz CT molecular complexity index is 566. The molecule has 0 radical (unpaired) electrons. The molecule has 0 saturated carbocycles. The van der Waals surface area contributed by atoms with Gasteiger partial charge in [0.15, 0.2) is 6.29 Å². The number of hydrogen-bond acceptors (Lipinski definition) is 4. The third-order valence-corrected chi connectivity index (χ3v) is 4.24. The second-order valence-corrected chi connectivity index (χ2v) is 6.28. The Hall–Kier alpha value is -1.46. The lowest BCUT2D eigenvalue weighted by atomic mass is 9.97. The van der Waals surface area contributed by atoms with Gasteiger partial charge in [0.2, 0.25) is 0 Å². The summed E-state index contributed by atoms with van der Waals surface area (Å²) in [5.41, 5.74) is -0.428. The lowest BCUT2D eigenvalue weighted by molar-refractivity contribution is -0.275. The average molecular weight is 302 g/mol. The maximum Gasteiger partial charge on any atom is 0.184 e. The van der Waals surface area contributed by atoms with Crippen LogP contribution in [0.5, 0.6) is 0 Å². The summed E-state index contributed by atoms with van der Waals surface area (Å²) >= 11 is 0. The van der Waals surface area contributed by atoms with Crippen LogP contribution in [0.25, 0.3) is 0 Å². The molecule has 0 aliphatic carbocycles. The number of epoxide rings is 1. The van der Waals surface area contributed by atoms with Crippen molar-refractivity contribution in [3.63, 3.8) is 0 Å². The first-order chi connectivity index (χ1) is 10.4. The van der Waals surface area contributed by atoms with Crippen molar-refractivity contribution in [3.05, 3.63) is 60.7 Å². The minimum atomic E-state index is -1.07. The molecule has 4 nitrogen and oxygen atoms in total. The third-order valence-electron chi connectivity index (χ3n) is 4.24. The van der Waals surface area contributed by atoms with E-state index < -0.39 is 18.0 Å². The molecule has 5 atom stereocenters. The van der Waals surface area contributed by atoms with Crippen LogP contribution in [-0.4, -0.2) is 35.1 Å². The first kappa shape index (κ1) is 15.4. The van der Waals surface area contributed by atoms with E-state index in [2.05, 4.69) is 6.58 Å². The van der Waals surface area contributed by atoms with E-state index in [9.17, 15) is 5.11 Å². The summed E-state index contributed by atoms with van der Waals surface area (Å²) in [5, 5.41) is 10.5. The Morgan fingerprint density at radius 2 is 1.86 bits per heavy atom. The van der Waals surface area contributed by atoms with Crippen molar-refractivity contribution in [1.29, 1.82) is 0 Å². The number of aliphatic hydroxyl groups is 1. The highest BCUT2D eigenvalue weighted by molar-refractivity contribution is 5.21. The maximum atomic E-state index is 10.5. The number of ether oxygens (including phenoxy) is 3. The molecule has 4 heteroatoms. The summed E-state index contributed by atoms with van der Waals surface area (Å²) < 4.78 is 17.1. The molecule has 1 aromatic carbocycles. The van der Waals surface area contributed by atoms with E-state index in [4.69, 9.17) is 14.2 Å². The van der Waals surface area contributed by atoms with Crippen molar-refractivity contribution in [2.24, 2.45) is 0 Å². The van der Waals surface area contributed by atoms with Crippen molar-refractivity contribution in [2.45, 2.75) is 43.5 Å². The summed E-state index contributed by atoms with van der Waals surface area (Å²) in [4.78, 5) is 0. The van der Waals surface area contributed by atoms with Gasteiger partial charge in [-0.1, -0.05) is 48.6 Å². The fourth-order valence-electron chi connectivity index (χ4n) is 2.52. The fourth-order valence-corrected chi connectivity index (χ4v) is 2.52. The Morgan fingerprint density at radius 3 is 2.50 bits per heavy atom. The van der Waals surface area contributed by atoms with Gasteiger partial charge in [0.05, 0.1) is 6.61 Å². The normalized spacial score (nSPS) is 41.5. The highest BCUT2D eigenvalue weighted by Gasteiger charge is 2.48. The van der Waals surface area contributed by atoms with Crippen LogP contribution in [-0.2, 0) is 14.2 Å². The van der Waals surface area contributed by atoms with Crippen molar-refractivity contribution in [2.75, 3.05) is 6.61 Å². The molecule has 2 saturated heterocycles. The van der Waals surface area contributed by atoms with Crippen LogP contribution in [0, 0.1) is 0 Å². The molecule has 1 aromatic rings. The van der Waals surface area contributed by atoms with E-state index in [0.29, 0.717) is 0 Å². The average Bonchev–Trinajstić information content (AvgIpc) is 3.18. The molecule has 3 rings (SSSR count). The molecule has 0 spiro atoms.